The van der Waals surface area contributed by atoms with E-state index in [1.807, 2.05) is 37.8 Å². The number of carbonyl (C=O) groups is 3. The molecule has 3 aliphatic rings. The summed E-state index contributed by atoms with van der Waals surface area (Å²) in [6.07, 6.45) is 5.82. The lowest BCUT2D eigenvalue weighted by Gasteiger charge is -2.38. The van der Waals surface area contributed by atoms with Crippen LogP contribution >= 0.6 is 0 Å². The van der Waals surface area contributed by atoms with Crippen molar-refractivity contribution in [3.05, 3.63) is 71.2 Å². The number of benzene rings is 2. The molecule has 10 nitrogen and oxygen atoms in total. The number of aromatic nitrogens is 1. The monoisotopic (exact) mass is 645 g/mol. The predicted molar refractivity (Wildman–Crippen MR) is 177 cm³/mol. The van der Waals surface area contributed by atoms with Gasteiger partial charge < -0.3 is 29.6 Å². The fraction of sp³-hybridized carbons (Fsp3) is 0.500. The van der Waals surface area contributed by atoms with Gasteiger partial charge in [-0.3, -0.25) is 14.4 Å². The molecule has 2 N–H and O–H groups in total. The fourth-order valence-corrected chi connectivity index (χ4v) is 6.48. The van der Waals surface area contributed by atoms with E-state index in [4.69, 9.17) is 9.15 Å². The molecule has 0 bridgehead atoms. The van der Waals surface area contributed by atoms with Crippen LogP contribution in [0.15, 0.2) is 47.1 Å². The summed E-state index contributed by atoms with van der Waals surface area (Å²) in [6.45, 7) is 10.2. The van der Waals surface area contributed by atoms with Gasteiger partial charge in [-0.25, -0.2) is 9.37 Å². The topological polar surface area (TPSA) is 117 Å². The van der Waals surface area contributed by atoms with Gasteiger partial charge in [0, 0.05) is 49.9 Å². The second kappa shape index (κ2) is 13.4. The lowest BCUT2D eigenvalue weighted by molar-refractivity contribution is -0.161. The number of nitrogens with one attached hydrogen (secondary N) is 2. The van der Waals surface area contributed by atoms with Gasteiger partial charge in [0.2, 0.25) is 0 Å². The maximum atomic E-state index is 15.8. The Morgan fingerprint density at radius 1 is 0.957 bits per heavy atom. The number of ether oxygens (including phenoxy) is 1. The number of oxazole rings is 1. The van der Waals surface area contributed by atoms with Gasteiger partial charge in [0.15, 0.2) is 11.6 Å². The van der Waals surface area contributed by atoms with Gasteiger partial charge >= 0.3 is 5.97 Å². The van der Waals surface area contributed by atoms with Gasteiger partial charge in [0.05, 0.1) is 22.9 Å². The van der Waals surface area contributed by atoms with E-state index in [0.717, 1.165) is 24.9 Å². The number of hydrogen-bond acceptors (Lipinski definition) is 8. The molecule has 6 rings (SSSR count). The quantitative estimate of drug-likeness (QED) is 0.278. The Balaban J connectivity index is 1.21. The summed E-state index contributed by atoms with van der Waals surface area (Å²) in [4.78, 5) is 48.3. The molecule has 11 heteroatoms. The highest BCUT2D eigenvalue weighted by Gasteiger charge is 2.33. The van der Waals surface area contributed by atoms with Gasteiger partial charge in [-0.05, 0) is 77.5 Å². The third-order valence-electron chi connectivity index (χ3n) is 9.09. The number of anilines is 3. The highest BCUT2D eigenvalue weighted by molar-refractivity contribution is 6.06. The highest BCUT2D eigenvalue weighted by atomic mass is 19.1. The van der Waals surface area contributed by atoms with Crippen molar-refractivity contribution in [1.29, 1.82) is 0 Å². The van der Waals surface area contributed by atoms with Crippen LogP contribution in [0, 0.1) is 18.7 Å². The normalized spacial score (nSPS) is 20.1. The minimum Gasteiger partial charge on any atom is -0.460 e. The number of hydrogen-bond donors (Lipinski definition) is 2. The minimum absolute atomic E-state index is 0.132. The van der Waals surface area contributed by atoms with Crippen molar-refractivity contribution in [1.82, 2.24) is 10.3 Å². The number of rotatable bonds is 8. The van der Waals surface area contributed by atoms with Crippen molar-refractivity contribution >= 4 is 34.8 Å². The molecule has 0 radical (unpaired) electrons. The number of esters is 1. The van der Waals surface area contributed by atoms with Crippen LogP contribution in [0.25, 0.3) is 0 Å². The van der Waals surface area contributed by atoms with Crippen molar-refractivity contribution in [2.75, 3.05) is 41.3 Å². The average Bonchev–Trinajstić information content (AvgIpc) is 3.77. The van der Waals surface area contributed by atoms with E-state index < -0.39 is 23.2 Å². The SMILES string of the molecule is Cc1ccccc1N1CCN(c2cc(F)c(C(=O)N[C@H]3CCC[C@@H](C(=O)OC(C)(C)C)C3)cc2NC(=O)c2coc(C3CC3)n2)CC1. The Hall–Kier alpha value is -4.41. The first-order valence-electron chi connectivity index (χ1n) is 16.6. The van der Waals surface area contributed by atoms with E-state index in [1.54, 1.807) is 0 Å². The smallest absolute Gasteiger partial charge is 0.309 e. The summed E-state index contributed by atoms with van der Waals surface area (Å²) in [5.74, 6) is -1.61. The number of halogens is 1. The number of amides is 2. The summed E-state index contributed by atoms with van der Waals surface area (Å²) in [5.41, 5.74) is 2.51. The van der Waals surface area contributed by atoms with E-state index in [-0.39, 0.29) is 35.1 Å². The lowest BCUT2D eigenvalue weighted by atomic mass is 9.85. The number of aryl methyl sites for hydroxylation is 1. The van der Waals surface area contributed by atoms with Gasteiger partial charge in [0.25, 0.3) is 11.8 Å². The van der Waals surface area contributed by atoms with Crippen molar-refractivity contribution < 1.29 is 27.9 Å². The molecule has 2 aliphatic carbocycles. The fourth-order valence-electron chi connectivity index (χ4n) is 6.48. The van der Waals surface area contributed by atoms with E-state index in [2.05, 4.69) is 39.6 Å². The van der Waals surface area contributed by atoms with Gasteiger partial charge in [-0.15, -0.1) is 0 Å². The van der Waals surface area contributed by atoms with Crippen LogP contribution in [0.1, 0.15) is 97.5 Å². The van der Waals surface area contributed by atoms with E-state index >= 15 is 4.39 Å². The Kier molecular flexibility index (Phi) is 9.25. The zero-order valence-corrected chi connectivity index (χ0v) is 27.6. The van der Waals surface area contributed by atoms with Crippen LogP contribution in [-0.4, -0.2) is 60.6 Å². The molecule has 1 aliphatic heterocycles. The third kappa shape index (κ3) is 7.77. The van der Waals surface area contributed by atoms with Gasteiger partial charge in [-0.1, -0.05) is 24.6 Å². The zero-order valence-electron chi connectivity index (χ0n) is 27.6. The molecule has 0 spiro atoms. The van der Waals surface area contributed by atoms with E-state index in [0.29, 0.717) is 62.7 Å². The Labute approximate surface area is 275 Å². The number of para-hydroxylation sites is 1. The third-order valence-corrected chi connectivity index (χ3v) is 9.09. The van der Waals surface area contributed by atoms with Crippen LogP contribution in [0.5, 0.6) is 0 Å². The first-order chi connectivity index (χ1) is 22.4. The molecule has 2 atom stereocenters. The van der Waals surface area contributed by atoms with Crippen molar-refractivity contribution in [2.24, 2.45) is 5.92 Å². The minimum atomic E-state index is -0.686. The molecule has 250 valence electrons. The molecule has 2 aromatic carbocycles. The standard InChI is InChI=1S/C36H44FN5O5/c1-22-8-5-6-11-30(22)41-14-16-42(17-15-41)31-20-27(37)26(19-28(31)39-33(44)29-21-46-34(40-29)23-12-13-23)32(43)38-25-10-7-9-24(18-25)35(45)47-36(2,3)4/h5-6,8,11,19-21,23-25H,7,9-10,12-18H2,1-4H3,(H,38,43)(H,39,44)/t24-,25+/m1/s1. The molecular weight excluding hydrogens is 601 g/mol. The molecule has 47 heavy (non-hydrogen) atoms. The Morgan fingerprint density at radius 2 is 1.66 bits per heavy atom. The predicted octanol–water partition coefficient (Wildman–Crippen LogP) is 6.21. The average molecular weight is 646 g/mol. The molecule has 0 unspecified atom stereocenters. The Morgan fingerprint density at radius 3 is 2.34 bits per heavy atom. The maximum absolute atomic E-state index is 15.8. The molecular formula is C36H44FN5O5. The number of nitrogens with zero attached hydrogens (tertiary/aromatic N) is 3. The first-order valence-corrected chi connectivity index (χ1v) is 16.6. The summed E-state index contributed by atoms with van der Waals surface area (Å²) >= 11 is 0. The van der Waals surface area contributed by atoms with Crippen LogP contribution < -0.4 is 20.4 Å². The molecule has 2 saturated carbocycles. The molecule has 1 saturated heterocycles. The second-order valence-electron chi connectivity index (χ2n) is 14.0. The van der Waals surface area contributed by atoms with Crippen LogP contribution in [0.2, 0.25) is 0 Å². The van der Waals surface area contributed by atoms with Crippen molar-refractivity contribution in [2.45, 2.75) is 83.8 Å². The zero-order chi connectivity index (χ0) is 33.3. The first kappa shape index (κ1) is 32.5. The number of carbonyl (C=O) groups excluding carboxylic acids is 3. The van der Waals surface area contributed by atoms with Gasteiger partial charge in [-0.2, -0.15) is 0 Å². The van der Waals surface area contributed by atoms with E-state index in [1.165, 1.54) is 24.0 Å². The van der Waals surface area contributed by atoms with Gasteiger partial charge in [0.1, 0.15) is 17.7 Å². The number of piperazine rings is 1. The summed E-state index contributed by atoms with van der Waals surface area (Å²) < 4.78 is 26.9. The van der Waals surface area contributed by atoms with Crippen LogP contribution in [0.4, 0.5) is 21.5 Å². The molecule has 1 aromatic heterocycles. The Bertz CT molecular complexity index is 1640. The van der Waals surface area contributed by atoms with Crippen molar-refractivity contribution in [3.8, 4) is 0 Å². The lowest BCUT2D eigenvalue weighted by Crippen LogP contribution is -2.47. The highest BCUT2D eigenvalue weighted by Crippen LogP contribution is 2.39. The van der Waals surface area contributed by atoms with Crippen LogP contribution in [-0.2, 0) is 9.53 Å². The molecule has 3 fully saturated rings. The summed E-state index contributed by atoms with van der Waals surface area (Å²) in [5, 5.41) is 5.83. The maximum Gasteiger partial charge on any atom is 0.309 e. The van der Waals surface area contributed by atoms with Crippen LogP contribution in [0.3, 0.4) is 0 Å². The molecule has 2 heterocycles. The van der Waals surface area contributed by atoms with E-state index in [9.17, 15) is 14.4 Å². The second-order valence-corrected chi connectivity index (χ2v) is 14.0. The largest absolute Gasteiger partial charge is 0.460 e. The summed E-state index contributed by atoms with van der Waals surface area (Å²) in [7, 11) is 0. The van der Waals surface area contributed by atoms with Crippen molar-refractivity contribution in [3.63, 3.8) is 0 Å². The molecule has 2 amide bonds. The molecule has 3 aromatic rings. The summed E-state index contributed by atoms with van der Waals surface area (Å²) in [6, 6.07) is 10.6.